The molecule has 0 saturated heterocycles. The van der Waals surface area contributed by atoms with E-state index in [0.717, 1.165) is 33.5 Å². The summed E-state index contributed by atoms with van der Waals surface area (Å²) in [6.45, 7) is 6.64. The highest BCUT2D eigenvalue weighted by Crippen LogP contribution is 2.31. The van der Waals surface area contributed by atoms with Crippen LogP contribution in [0.1, 0.15) is 37.5 Å². The van der Waals surface area contributed by atoms with Crippen LogP contribution in [-0.4, -0.2) is 14.8 Å². The van der Waals surface area contributed by atoms with Gasteiger partial charge in [-0.25, -0.2) is 0 Å². The fraction of sp³-hybridized carbons (Fsp3) is 0.192. The van der Waals surface area contributed by atoms with E-state index in [1.165, 1.54) is 5.56 Å². The first-order valence-electron chi connectivity index (χ1n) is 10.2. The van der Waals surface area contributed by atoms with Gasteiger partial charge in [0.1, 0.15) is 0 Å². The average molecular weight is 425 g/mol. The van der Waals surface area contributed by atoms with Gasteiger partial charge < -0.3 is 0 Å². The van der Waals surface area contributed by atoms with Crippen molar-refractivity contribution < 1.29 is 0 Å². The van der Waals surface area contributed by atoms with Gasteiger partial charge in [-0.3, -0.25) is 4.57 Å². The second-order valence-corrected chi connectivity index (χ2v) is 9.34. The van der Waals surface area contributed by atoms with E-state index >= 15 is 0 Å². The van der Waals surface area contributed by atoms with Crippen LogP contribution in [0, 0.1) is 11.3 Å². The van der Waals surface area contributed by atoms with Crippen molar-refractivity contribution in [1.29, 1.82) is 5.26 Å². The third-order valence-corrected chi connectivity index (χ3v) is 6.11. The Kier molecular flexibility index (Phi) is 5.92. The summed E-state index contributed by atoms with van der Waals surface area (Å²) in [6, 6.07) is 28.6. The van der Waals surface area contributed by atoms with Crippen molar-refractivity contribution in [2.24, 2.45) is 0 Å². The molecule has 0 spiro atoms. The lowest BCUT2D eigenvalue weighted by Gasteiger charge is -2.19. The quantitative estimate of drug-likeness (QED) is 0.348. The molecule has 0 aliphatic heterocycles. The third-order valence-electron chi connectivity index (χ3n) is 5.11. The molecule has 0 fully saturated rings. The van der Waals surface area contributed by atoms with E-state index in [-0.39, 0.29) is 5.41 Å². The number of aromatic nitrogens is 3. The van der Waals surface area contributed by atoms with Crippen molar-refractivity contribution in [3.05, 3.63) is 95.6 Å². The van der Waals surface area contributed by atoms with Crippen molar-refractivity contribution in [3.8, 4) is 23.1 Å². The summed E-state index contributed by atoms with van der Waals surface area (Å²) in [4.78, 5) is 0. The van der Waals surface area contributed by atoms with Gasteiger partial charge in [-0.15, -0.1) is 10.2 Å². The van der Waals surface area contributed by atoms with Gasteiger partial charge in [-0.05, 0) is 40.8 Å². The van der Waals surface area contributed by atoms with Crippen LogP contribution in [0.25, 0.3) is 17.1 Å². The number of para-hydroxylation sites is 1. The Morgan fingerprint density at radius 2 is 1.55 bits per heavy atom. The minimum absolute atomic E-state index is 0.105. The standard InChI is InChI=1S/C26H24N4S/c1-26(2,3)22-15-13-21(14-16-22)24-28-29-25(30(24)23-7-5-4-6-8-23)31-18-20-11-9-19(17-27)10-12-20/h4-16H,18H2,1-3H3. The molecule has 0 saturated carbocycles. The van der Waals surface area contributed by atoms with Gasteiger partial charge >= 0.3 is 0 Å². The first-order valence-corrected chi connectivity index (χ1v) is 11.2. The Balaban J connectivity index is 1.68. The molecule has 0 amide bonds. The molecule has 3 aromatic carbocycles. The molecule has 4 aromatic rings. The van der Waals surface area contributed by atoms with Gasteiger partial charge in [0.15, 0.2) is 11.0 Å². The Bertz CT molecular complexity index is 1200. The number of rotatable bonds is 5. The van der Waals surface area contributed by atoms with Gasteiger partial charge in [-0.1, -0.05) is 87.1 Å². The molecule has 0 N–H and O–H groups in total. The van der Waals surface area contributed by atoms with Gasteiger partial charge in [0.25, 0.3) is 0 Å². The van der Waals surface area contributed by atoms with Crippen LogP contribution >= 0.6 is 11.8 Å². The normalized spacial score (nSPS) is 11.3. The Morgan fingerprint density at radius 1 is 0.871 bits per heavy atom. The zero-order chi connectivity index (χ0) is 21.8. The fourth-order valence-electron chi connectivity index (χ4n) is 3.30. The molecule has 1 aromatic heterocycles. The smallest absolute Gasteiger partial charge is 0.196 e. The summed E-state index contributed by atoms with van der Waals surface area (Å²) in [5.41, 5.74) is 5.27. The Hall–Kier alpha value is -3.36. The largest absolute Gasteiger partial charge is 0.270 e. The topological polar surface area (TPSA) is 54.5 Å². The minimum Gasteiger partial charge on any atom is -0.270 e. The van der Waals surface area contributed by atoms with Crippen molar-refractivity contribution >= 4 is 11.8 Å². The van der Waals surface area contributed by atoms with Crippen LogP contribution in [-0.2, 0) is 11.2 Å². The molecule has 0 bridgehead atoms. The SMILES string of the molecule is CC(C)(C)c1ccc(-c2nnc(SCc3ccc(C#N)cc3)n2-c2ccccc2)cc1. The number of nitriles is 1. The molecule has 0 unspecified atom stereocenters. The maximum absolute atomic E-state index is 8.99. The second-order valence-electron chi connectivity index (χ2n) is 8.40. The molecule has 0 atom stereocenters. The Morgan fingerprint density at radius 3 is 2.16 bits per heavy atom. The third kappa shape index (κ3) is 4.70. The summed E-state index contributed by atoms with van der Waals surface area (Å²) in [5.74, 6) is 1.58. The summed E-state index contributed by atoms with van der Waals surface area (Å²) < 4.78 is 2.11. The molecule has 31 heavy (non-hydrogen) atoms. The zero-order valence-electron chi connectivity index (χ0n) is 17.9. The molecule has 1 heterocycles. The summed E-state index contributed by atoms with van der Waals surface area (Å²) in [5, 5.41) is 18.9. The van der Waals surface area contributed by atoms with Crippen molar-refractivity contribution in [2.45, 2.75) is 37.1 Å². The zero-order valence-corrected chi connectivity index (χ0v) is 18.7. The van der Waals surface area contributed by atoms with E-state index in [1.54, 1.807) is 11.8 Å². The first-order chi connectivity index (χ1) is 15.0. The molecule has 0 aliphatic carbocycles. The van der Waals surface area contributed by atoms with E-state index in [0.29, 0.717) is 5.56 Å². The van der Waals surface area contributed by atoms with Crippen LogP contribution in [0.15, 0.2) is 84.0 Å². The molecular weight excluding hydrogens is 400 g/mol. The van der Waals surface area contributed by atoms with Crippen LogP contribution in [0.4, 0.5) is 0 Å². The number of benzene rings is 3. The van der Waals surface area contributed by atoms with Crippen LogP contribution in [0.2, 0.25) is 0 Å². The van der Waals surface area contributed by atoms with E-state index in [1.807, 2.05) is 42.5 Å². The maximum atomic E-state index is 8.99. The lowest BCUT2D eigenvalue weighted by Crippen LogP contribution is -2.10. The van der Waals surface area contributed by atoms with Gasteiger partial charge in [0, 0.05) is 17.0 Å². The highest BCUT2D eigenvalue weighted by Gasteiger charge is 2.18. The number of thioether (sulfide) groups is 1. The van der Waals surface area contributed by atoms with Gasteiger partial charge in [-0.2, -0.15) is 5.26 Å². The molecule has 154 valence electrons. The maximum Gasteiger partial charge on any atom is 0.196 e. The molecule has 5 heteroatoms. The predicted octanol–water partition coefficient (Wildman–Crippen LogP) is 6.40. The van der Waals surface area contributed by atoms with Crippen molar-refractivity contribution in [3.63, 3.8) is 0 Å². The summed E-state index contributed by atoms with van der Waals surface area (Å²) in [7, 11) is 0. The van der Waals surface area contributed by atoms with Crippen LogP contribution < -0.4 is 0 Å². The molecular formula is C26H24N4S. The monoisotopic (exact) mass is 424 g/mol. The fourth-order valence-corrected chi connectivity index (χ4v) is 4.21. The summed E-state index contributed by atoms with van der Waals surface area (Å²) >= 11 is 1.64. The van der Waals surface area contributed by atoms with E-state index < -0.39 is 0 Å². The average Bonchev–Trinajstić information content (AvgIpc) is 3.22. The molecule has 0 radical (unpaired) electrons. The number of nitrogens with zero attached hydrogens (tertiary/aromatic N) is 4. The lowest BCUT2D eigenvalue weighted by atomic mass is 9.87. The second kappa shape index (κ2) is 8.79. The molecule has 4 rings (SSSR count). The summed E-state index contributed by atoms with van der Waals surface area (Å²) in [6.07, 6.45) is 0. The number of hydrogen-bond acceptors (Lipinski definition) is 4. The number of hydrogen-bond donors (Lipinski definition) is 0. The van der Waals surface area contributed by atoms with Crippen molar-refractivity contribution in [2.75, 3.05) is 0 Å². The van der Waals surface area contributed by atoms with Gasteiger partial charge in [0.2, 0.25) is 0 Å². The van der Waals surface area contributed by atoms with Crippen molar-refractivity contribution in [1.82, 2.24) is 14.8 Å². The van der Waals surface area contributed by atoms with E-state index in [9.17, 15) is 0 Å². The highest BCUT2D eigenvalue weighted by atomic mass is 32.2. The Labute approximate surface area is 187 Å². The molecule has 0 aliphatic rings. The van der Waals surface area contributed by atoms with E-state index in [2.05, 4.69) is 78.0 Å². The molecule has 4 nitrogen and oxygen atoms in total. The van der Waals surface area contributed by atoms with Gasteiger partial charge in [0.05, 0.1) is 11.6 Å². The van der Waals surface area contributed by atoms with Crippen LogP contribution in [0.3, 0.4) is 0 Å². The minimum atomic E-state index is 0.105. The predicted molar refractivity (Wildman–Crippen MR) is 126 cm³/mol. The van der Waals surface area contributed by atoms with Crippen LogP contribution in [0.5, 0.6) is 0 Å². The lowest BCUT2D eigenvalue weighted by molar-refractivity contribution is 0.590. The highest BCUT2D eigenvalue weighted by molar-refractivity contribution is 7.98. The van der Waals surface area contributed by atoms with E-state index in [4.69, 9.17) is 5.26 Å². The first kappa shape index (κ1) is 20.9.